The van der Waals surface area contributed by atoms with Crippen molar-refractivity contribution >= 4 is 20.8 Å². The summed E-state index contributed by atoms with van der Waals surface area (Å²) in [4.78, 5) is 46.0. The maximum atomic E-state index is 11.3. The van der Waals surface area contributed by atoms with E-state index in [2.05, 4.69) is 11.4 Å². The van der Waals surface area contributed by atoms with Gasteiger partial charge in [-0.05, 0) is 6.42 Å². The smallest absolute Gasteiger partial charge is 0.316 e. The number of carbonyl (C=O) groups is 1. The van der Waals surface area contributed by atoms with E-state index >= 15 is 0 Å². The van der Waals surface area contributed by atoms with E-state index in [1.54, 1.807) is 0 Å². The standard InChI is InChI=1S/C11H24O7P2/c1-2-3-4-5-6-7-8-9-10-18-20(16,17)11(12)19(13,14)15/h13-15H,2-10H2,1H3/p+1. The molecule has 0 saturated heterocycles. The van der Waals surface area contributed by atoms with Crippen LogP contribution in [0.2, 0.25) is 0 Å². The van der Waals surface area contributed by atoms with Crippen molar-refractivity contribution in [2.75, 3.05) is 6.61 Å². The summed E-state index contributed by atoms with van der Waals surface area (Å²) in [5.41, 5.74) is 0. The van der Waals surface area contributed by atoms with Gasteiger partial charge in [0.2, 0.25) is 0 Å². The third-order valence-corrected chi connectivity index (χ3v) is 5.86. The molecule has 0 bridgehead atoms. The molecule has 120 valence electrons. The van der Waals surface area contributed by atoms with Crippen LogP contribution in [-0.4, -0.2) is 31.4 Å². The van der Waals surface area contributed by atoms with Gasteiger partial charge in [-0.25, -0.2) is 9.36 Å². The zero-order valence-corrected chi connectivity index (χ0v) is 13.6. The predicted molar refractivity (Wildman–Crippen MR) is 77.4 cm³/mol. The number of carbonyl (C=O) groups excluding carboxylic acids is 1. The summed E-state index contributed by atoms with van der Waals surface area (Å²) >= 11 is 0. The van der Waals surface area contributed by atoms with E-state index < -0.39 is 20.8 Å². The Labute approximate surface area is 120 Å². The van der Waals surface area contributed by atoms with Crippen molar-refractivity contribution in [1.29, 1.82) is 0 Å². The topological polar surface area (TPSA) is 124 Å². The van der Waals surface area contributed by atoms with Gasteiger partial charge in [0.05, 0.1) is 6.61 Å². The second-order valence-electron chi connectivity index (χ2n) is 4.68. The minimum absolute atomic E-state index is 0.130. The van der Waals surface area contributed by atoms with Crippen LogP contribution in [0.4, 0.5) is 4.79 Å². The van der Waals surface area contributed by atoms with Crippen molar-refractivity contribution in [2.45, 2.75) is 58.3 Å². The lowest BCUT2D eigenvalue weighted by molar-refractivity contribution is 0.229. The van der Waals surface area contributed by atoms with Crippen LogP contribution in [0.1, 0.15) is 58.3 Å². The molecule has 0 aromatic carbocycles. The average Bonchev–Trinajstić information content (AvgIpc) is 2.34. The monoisotopic (exact) mass is 331 g/mol. The molecule has 0 aliphatic rings. The predicted octanol–water partition coefficient (Wildman–Crippen LogP) is 3.19. The normalized spacial score (nSPS) is 15.1. The fraction of sp³-hybridized carbons (Fsp3) is 0.909. The van der Waals surface area contributed by atoms with Gasteiger partial charge in [-0.15, -0.1) is 0 Å². The van der Waals surface area contributed by atoms with E-state index in [-0.39, 0.29) is 6.61 Å². The molecular formula is C11H25O7P2+. The van der Waals surface area contributed by atoms with Gasteiger partial charge < -0.3 is 9.42 Å². The zero-order valence-electron chi connectivity index (χ0n) is 11.8. The molecule has 20 heavy (non-hydrogen) atoms. The van der Waals surface area contributed by atoms with Gasteiger partial charge in [-0.2, -0.15) is 14.7 Å². The van der Waals surface area contributed by atoms with E-state index in [0.29, 0.717) is 6.42 Å². The maximum Gasteiger partial charge on any atom is 0.492 e. The van der Waals surface area contributed by atoms with Crippen molar-refractivity contribution < 1.29 is 33.5 Å². The van der Waals surface area contributed by atoms with Gasteiger partial charge >= 0.3 is 20.8 Å². The largest absolute Gasteiger partial charge is 0.492 e. The second kappa shape index (κ2) is 9.96. The summed E-state index contributed by atoms with van der Waals surface area (Å²) in [5, 5.41) is -1.93. The molecule has 0 amide bonds. The molecule has 0 fully saturated rings. The number of hydrogen-bond donors (Lipinski definition) is 4. The third-order valence-electron chi connectivity index (χ3n) is 2.76. The summed E-state index contributed by atoms with van der Waals surface area (Å²) in [5.74, 6) is 0. The fourth-order valence-electron chi connectivity index (χ4n) is 1.65. The highest BCUT2D eigenvalue weighted by Gasteiger charge is 2.56. The molecule has 0 aliphatic carbocycles. The SMILES string of the molecule is CCCCCCCCCCOP(=O)(O)C(=O)[P+](O)(O)O. The first kappa shape index (κ1) is 20.1. The minimum Gasteiger partial charge on any atom is -0.316 e. The van der Waals surface area contributed by atoms with Crippen LogP contribution in [0.15, 0.2) is 0 Å². The molecule has 1 atom stereocenters. The Morgan fingerprint density at radius 1 is 1.00 bits per heavy atom. The first-order valence-electron chi connectivity index (χ1n) is 6.81. The summed E-state index contributed by atoms with van der Waals surface area (Å²) in [6.45, 7) is 2.02. The molecule has 0 saturated carbocycles. The molecule has 7 nitrogen and oxygen atoms in total. The molecule has 0 aromatic heterocycles. The first-order valence-corrected chi connectivity index (χ1v) is 10.0. The van der Waals surface area contributed by atoms with Gasteiger partial charge in [0, 0.05) is 0 Å². The number of unbranched alkanes of at least 4 members (excludes halogenated alkanes) is 7. The van der Waals surface area contributed by atoms with Crippen LogP contribution in [0.5, 0.6) is 0 Å². The molecule has 0 heterocycles. The Balaban J connectivity index is 3.69. The molecule has 1 unspecified atom stereocenters. The summed E-state index contributed by atoms with van der Waals surface area (Å²) < 4.78 is 15.8. The fourth-order valence-corrected chi connectivity index (χ4v) is 3.67. The van der Waals surface area contributed by atoms with Crippen molar-refractivity contribution in [3.05, 3.63) is 0 Å². The summed E-state index contributed by atoms with van der Waals surface area (Å²) in [6, 6.07) is 0. The van der Waals surface area contributed by atoms with E-state index in [1.165, 1.54) is 19.3 Å². The maximum absolute atomic E-state index is 11.3. The van der Waals surface area contributed by atoms with Crippen LogP contribution >= 0.6 is 15.5 Å². The molecule has 0 spiro atoms. The zero-order chi connectivity index (χ0) is 15.6. The van der Waals surface area contributed by atoms with Gasteiger partial charge in [0.1, 0.15) is 0 Å². The Kier molecular flexibility index (Phi) is 10.0. The molecule has 0 radical (unpaired) electrons. The van der Waals surface area contributed by atoms with Gasteiger partial charge in [-0.1, -0.05) is 51.9 Å². The Hall–Kier alpha value is 0.130. The molecule has 0 aliphatic heterocycles. The molecule has 9 heteroatoms. The quantitative estimate of drug-likeness (QED) is 0.320. The molecule has 0 rings (SSSR count). The molecule has 0 aromatic rings. The van der Waals surface area contributed by atoms with Gasteiger partial charge in [0.25, 0.3) is 0 Å². The van der Waals surface area contributed by atoms with Crippen LogP contribution < -0.4 is 0 Å². The minimum atomic E-state index is -4.98. The highest BCUT2D eigenvalue weighted by molar-refractivity contribution is 8.00. The summed E-state index contributed by atoms with van der Waals surface area (Å²) in [7, 11) is -9.80. The van der Waals surface area contributed by atoms with Crippen LogP contribution in [0, 0.1) is 0 Å². The van der Waals surface area contributed by atoms with Gasteiger partial charge in [-0.3, -0.25) is 0 Å². The van der Waals surface area contributed by atoms with Crippen molar-refractivity contribution in [2.24, 2.45) is 0 Å². The van der Waals surface area contributed by atoms with Gasteiger partial charge in [0.15, 0.2) is 0 Å². The molecule has 4 N–H and O–H groups in total. The first-order chi connectivity index (χ1) is 9.22. The van der Waals surface area contributed by atoms with Crippen molar-refractivity contribution in [3.63, 3.8) is 0 Å². The van der Waals surface area contributed by atoms with E-state index in [9.17, 15) is 9.36 Å². The van der Waals surface area contributed by atoms with E-state index in [0.717, 1.165) is 25.7 Å². The Morgan fingerprint density at radius 2 is 1.45 bits per heavy atom. The highest BCUT2D eigenvalue weighted by atomic mass is 31.3. The van der Waals surface area contributed by atoms with Crippen LogP contribution in [-0.2, 0) is 9.09 Å². The number of hydrogen-bond acceptors (Lipinski definition) is 6. The van der Waals surface area contributed by atoms with Crippen molar-refractivity contribution in [3.8, 4) is 0 Å². The third kappa shape index (κ3) is 9.14. The lowest BCUT2D eigenvalue weighted by Crippen LogP contribution is -2.07. The lowest BCUT2D eigenvalue weighted by Gasteiger charge is -2.09. The lowest BCUT2D eigenvalue weighted by atomic mass is 10.1. The number of rotatable bonds is 12. The van der Waals surface area contributed by atoms with Crippen LogP contribution in [0.3, 0.4) is 0 Å². The Morgan fingerprint density at radius 3 is 1.90 bits per heavy atom. The van der Waals surface area contributed by atoms with Crippen molar-refractivity contribution in [1.82, 2.24) is 0 Å². The Bertz CT molecular complexity index is 327. The highest BCUT2D eigenvalue weighted by Crippen LogP contribution is 2.62. The average molecular weight is 331 g/mol. The summed E-state index contributed by atoms with van der Waals surface area (Å²) in [6.07, 6.45) is 8.17. The van der Waals surface area contributed by atoms with E-state index in [1.807, 2.05) is 0 Å². The van der Waals surface area contributed by atoms with E-state index in [4.69, 9.17) is 19.6 Å². The van der Waals surface area contributed by atoms with Crippen LogP contribution in [0.25, 0.3) is 0 Å². The molecular weight excluding hydrogens is 306 g/mol. The second-order valence-corrected chi connectivity index (χ2v) is 8.28.